The molecule has 0 fully saturated rings. The van der Waals surface area contributed by atoms with E-state index in [4.69, 9.17) is 14.6 Å². The minimum absolute atomic E-state index is 0.613. The molecule has 4 nitrogen and oxygen atoms in total. The van der Waals surface area contributed by atoms with Gasteiger partial charge in [-0.05, 0) is 31.1 Å². The quantitative estimate of drug-likeness (QED) is 0.552. The summed E-state index contributed by atoms with van der Waals surface area (Å²) in [5, 5.41) is 8.70. The van der Waals surface area contributed by atoms with Gasteiger partial charge in [0.15, 0.2) is 0 Å². The van der Waals surface area contributed by atoms with E-state index >= 15 is 0 Å². The first kappa shape index (κ1) is 16.1. The van der Waals surface area contributed by atoms with Crippen LogP contribution in [0, 0.1) is 0 Å². The number of carboxylic acids is 1. The summed E-state index contributed by atoms with van der Waals surface area (Å²) in [4.78, 5) is 10.6. The van der Waals surface area contributed by atoms with Crippen LogP contribution in [0.15, 0.2) is 24.3 Å². The average Bonchev–Trinajstić information content (AvgIpc) is 2.44. The number of hydrogen-bond acceptors (Lipinski definition) is 3. The van der Waals surface area contributed by atoms with Crippen LogP contribution in [0.3, 0.4) is 0 Å². The summed E-state index contributed by atoms with van der Waals surface area (Å²) >= 11 is 0. The van der Waals surface area contributed by atoms with E-state index in [9.17, 15) is 4.79 Å². The third-order valence-corrected chi connectivity index (χ3v) is 2.62. The number of rotatable bonds is 9. The molecule has 0 aliphatic heterocycles. The molecule has 1 rings (SSSR count). The first-order chi connectivity index (χ1) is 9.67. The Morgan fingerprint density at radius 1 is 1.20 bits per heavy atom. The fourth-order valence-electron chi connectivity index (χ4n) is 1.57. The highest BCUT2D eigenvalue weighted by Gasteiger charge is 2.05. The maximum Gasteiger partial charge on any atom is 0.328 e. The minimum atomic E-state index is -0.976. The molecule has 0 aromatic heterocycles. The number of carboxylic acid groups (broad SMARTS) is 1. The van der Waals surface area contributed by atoms with Crippen molar-refractivity contribution in [1.82, 2.24) is 0 Å². The maximum atomic E-state index is 10.6. The van der Waals surface area contributed by atoms with E-state index in [0.29, 0.717) is 19.0 Å². The molecule has 4 heteroatoms. The van der Waals surface area contributed by atoms with Gasteiger partial charge in [0.1, 0.15) is 11.5 Å². The summed E-state index contributed by atoms with van der Waals surface area (Å²) in [5.74, 6) is 0.422. The molecule has 0 aliphatic carbocycles. The molecule has 1 aromatic rings. The van der Waals surface area contributed by atoms with Gasteiger partial charge in [-0.2, -0.15) is 0 Å². The zero-order chi connectivity index (χ0) is 14.8. The molecule has 20 heavy (non-hydrogen) atoms. The Hall–Kier alpha value is -1.97. The predicted octanol–water partition coefficient (Wildman–Crippen LogP) is 3.75. The van der Waals surface area contributed by atoms with Gasteiger partial charge in [0.05, 0.1) is 13.2 Å². The molecule has 0 saturated carbocycles. The fourth-order valence-corrected chi connectivity index (χ4v) is 1.57. The van der Waals surface area contributed by atoms with E-state index in [2.05, 4.69) is 6.92 Å². The first-order valence-electron chi connectivity index (χ1n) is 6.98. The van der Waals surface area contributed by atoms with Crippen LogP contribution in [0.25, 0.3) is 6.08 Å². The SMILES string of the molecule is CCCCOc1cc(OCCC)ccc1/C=C/C(=O)O. The molecule has 0 amide bonds. The van der Waals surface area contributed by atoms with Crippen molar-refractivity contribution in [3.63, 3.8) is 0 Å². The Morgan fingerprint density at radius 3 is 2.65 bits per heavy atom. The Kier molecular flexibility index (Phi) is 7.25. The third kappa shape index (κ3) is 5.78. The highest BCUT2D eigenvalue weighted by molar-refractivity contribution is 5.86. The van der Waals surface area contributed by atoms with Crippen molar-refractivity contribution < 1.29 is 19.4 Å². The Balaban J connectivity index is 2.87. The van der Waals surface area contributed by atoms with Crippen LogP contribution < -0.4 is 9.47 Å². The smallest absolute Gasteiger partial charge is 0.328 e. The summed E-state index contributed by atoms with van der Waals surface area (Å²) < 4.78 is 11.3. The van der Waals surface area contributed by atoms with E-state index in [1.165, 1.54) is 6.08 Å². The average molecular weight is 278 g/mol. The van der Waals surface area contributed by atoms with Crippen LogP contribution in [0.2, 0.25) is 0 Å². The molecule has 0 heterocycles. The summed E-state index contributed by atoms with van der Waals surface area (Å²) in [5.41, 5.74) is 0.743. The molecule has 1 N–H and O–H groups in total. The van der Waals surface area contributed by atoms with Crippen molar-refractivity contribution >= 4 is 12.0 Å². The molecule has 0 saturated heterocycles. The van der Waals surface area contributed by atoms with Crippen LogP contribution in [-0.2, 0) is 4.79 Å². The third-order valence-electron chi connectivity index (χ3n) is 2.62. The van der Waals surface area contributed by atoms with E-state index < -0.39 is 5.97 Å². The van der Waals surface area contributed by atoms with Crippen molar-refractivity contribution in [3.05, 3.63) is 29.8 Å². The lowest BCUT2D eigenvalue weighted by molar-refractivity contribution is -0.131. The van der Waals surface area contributed by atoms with Crippen LogP contribution in [0.5, 0.6) is 11.5 Å². The molecule has 0 aliphatic rings. The lowest BCUT2D eigenvalue weighted by Crippen LogP contribution is -2.00. The molecule has 0 radical (unpaired) electrons. The lowest BCUT2D eigenvalue weighted by atomic mass is 10.1. The van der Waals surface area contributed by atoms with Crippen LogP contribution in [0.1, 0.15) is 38.7 Å². The van der Waals surface area contributed by atoms with E-state index in [1.54, 1.807) is 0 Å². The Bertz CT molecular complexity index is 452. The molecule has 110 valence electrons. The van der Waals surface area contributed by atoms with Crippen LogP contribution in [0.4, 0.5) is 0 Å². The van der Waals surface area contributed by atoms with Crippen LogP contribution >= 0.6 is 0 Å². The van der Waals surface area contributed by atoms with Gasteiger partial charge in [-0.15, -0.1) is 0 Å². The zero-order valence-electron chi connectivity index (χ0n) is 12.1. The topological polar surface area (TPSA) is 55.8 Å². The molecule has 0 atom stereocenters. The Labute approximate surface area is 120 Å². The molecular formula is C16H22O4. The van der Waals surface area contributed by atoms with E-state index in [1.807, 2.05) is 25.1 Å². The van der Waals surface area contributed by atoms with Crippen molar-refractivity contribution in [2.24, 2.45) is 0 Å². The van der Waals surface area contributed by atoms with Crippen molar-refractivity contribution in [2.75, 3.05) is 13.2 Å². The number of unbranched alkanes of at least 4 members (excludes halogenated alkanes) is 1. The molecule has 0 unspecified atom stereocenters. The normalized spacial score (nSPS) is 10.7. The van der Waals surface area contributed by atoms with E-state index in [-0.39, 0.29) is 0 Å². The summed E-state index contributed by atoms with van der Waals surface area (Å²) in [6, 6.07) is 5.45. The highest BCUT2D eigenvalue weighted by Crippen LogP contribution is 2.26. The van der Waals surface area contributed by atoms with Gasteiger partial charge in [-0.3, -0.25) is 0 Å². The van der Waals surface area contributed by atoms with Gasteiger partial charge in [0.2, 0.25) is 0 Å². The number of ether oxygens (including phenoxy) is 2. The van der Waals surface area contributed by atoms with Gasteiger partial charge in [0.25, 0.3) is 0 Å². The summed E-state index contributed by atoms with van der Waals surface area (Å²) in [6.45, 7) is 5.40. The fraction of sp³-hybridized carbons (Fsp3) is 0.438. The highest BCUT2D eigenvalue weighted by atomic mass is 16.5. The number of benzene rings is 1. The van der Waals surface area contributed by atoms with Gasteiger partial charge in [-0.1, -0.05) is 20.3 Å². The van der Waals surface area contributed by atoms with E-state index in [0.717, 1.165) is 36.7 Å². The Morgan fingerprint density at radius 2 is 2.00 bits per heavy atom. The minimum Gasteiger partial charge on any atom is -0.493 e. The second kappa shape index (κ2) is 9.02. The summed E-state index contributed by atoms with van der Waals surface area (Å²) in [6.07, 6.45) is 5.59. The van der Waals surface area contributed by atoms with Crippen LogP contribution in [-0.4, -0.2) is 24.3 Å². The molecule has 0 bridgehead atoms. The number of aliphatic carboxylic acids is 1. The predicted molar refractivity (Wildman–Crippen MR) is 79.3 cm³/mol. The lowest BCUT2D eigenvalue weighted by Gasteiger charge is -2.11. The molecule has 0 spiro atoms. The molecule has 1 aromatic carbocycles. The monoisotopic (exact) mass is 278 g/mol. The second-order valence-electron chi connectivity index (χ2n) is 4.42. The van der Waals surface area contributed by atoms with Gasteiger partial charge in [0, 0.05) is 17.7 Å². The molecular weight excluding hydrogens is 256 g/mol. The maximum absolute atomic E-state index is 10.6. The number of hydrogen-bond donors (Lipinski definition) is 1. The largest absolute Gasteiger partial charge is 0.493 e. The van der Waals surface area contributed by atoms with Gasteiger partial charge >= 0.3 is 5.97 Å². The second-order valence-corrected chi connectivity index (χ2v) is 4.42. The standard InChI is InChI=1S/C16H22O4/c1-3-5-11-20-15-12-14(19-10-4-2)8-6-13(15)7-9-16(17)18/h6-9,12H,3-5,10-11H2,1-2H3,(H,17,18)/b9-7+. The van der Waals surface area contributed by atoms with Gasteiger partial charge in [-0.25, -0.2) is 4.79 Å². The first-order valence-corrected chi connectivity index (χ1v) is 6.98. The zero-order valence-corrected chi connectivity index (χ0v) is 12.1. The van der Waals surface area contributed by atoms with Crippen molar-refractivity contribution in [1.29, 1.82) is 0 Å². The number of carbonyl (C=O) groups is 1. The van der Waals surface area contributed by atoms with Gasteiger partial charge < -0.3 is 14.6 Å². The summed E-state index contributed by atoms with van der Waals surface area (Å²) in [7, 11) is 0. The van der Waals surface area contributed by atoms with Crippen molar-refractivity contribution in [2.45, 2.75) is 33.1 Å². The van der Waals surface area contributed by atoms with Crippen molar-refractivity contribution in [3.8, 4) is 11.5 Å².